The van der Waals surface area contributed by atoms with E-state index in [4.69, 9.17) is 10.00 Å². The number of nitriles is 1. The highest BCUT2D eigenvalue weighted by Crippen LogP contribution is 2.14. The van der Waals surface area contributed by atoms with Crippen LogP contribution in [-0.2, 0) is 19.1 Å². The maximum absolute atomic E-state index is 11.8. The van der Waals surface area contributed by atoms with E-state index in [9.17, 15) is 9.59 Å². The molecule has 0 spiro atoms. The normalized spacial score (nSPS) is 18.6. The second-order valence-electron chi connectivity index (χ2n) is 3.93. The van der Waals surface area contributed by atoms with Gasteiger partial charge in [0.05, 0.1) is 6.61 Å². The molecule has 1 aliphatic heterocycles. The number of hydrogen-bond acceptors (Lipinski definition) is 5. The molecule has 0 saturated carbocycles. The zero-order valence-corrected chi connectivity index (χ0v) is 10.0. The third kappa shape index (κ3) is 3.19. The summed E-state index contributed by atoms with van der Waals surface area (Å²) in [7, 11) is 0. The molecule has 1 aromatic carbocycles. The molecular weight excluding hydrogens is 246 g/mol. The Hall–Kier alpha value is -2.61. The first-order valence-corrected chi connectivity index (χ1v) is 5.75. The Morgan fingerprint density at radius 3 is 2.74 bits per heavy atom. The van der Waals surface area contributed by atoms with Crippen LogP contribution in [0.2, 0.25) is 0 Å². The molecule has 1 fully saturated rings. The molecule has 2 rings (SSSR count). The lowest BCUT2D eigenvalue weighted by Gasteiger charge is -2.07. The maximum Gasteiger partial charge on any atom is 0.349 e. The molecule has 5 heteroatoms. The minimum Gasteiger partial charge on any atom is -0.463 e. The van der Waals surface area contributed by atoms with E-state index in [0.717, 1.165) is 0 Å². The van der Waals surface area contributed by atoms with Gasteiger partial charge in [0.2, 0.25) is 6.10 Å². The van der Waals surface area contributed by atoms with Crippen molar-refractivity contribution in [1.29, 1.82) is 5.26 Å². The van der Waals surface area contributed by atoms with E-state index in [1.807, 2.05) is 6.07 Å². The zero-order chi connectivity index (χ0) is 13.7. The molecule has 1 unspecified atom stereocenters. The van der Waals surface area contributed by atoms with Crippen molar-refractivity contribution in [2.75, 3.05) is 6.61 Å². The van der Waals surface area contributed by atoms with Crippen LogP contribution in [0.3, 0.4) is 0 Å². The summed E-state index contributed by atoms with van der Waals surface area (Å²) in [6.45, 7) is 0.237. The zero-order valence-electron chi connectivity index (χ0n) is 10.0. The van der Waals surface area contributed by atoms with Crippen molar-refractivity contribution in [3.63, 3.8) is 0 Å². The highest BCUT2D eigenvalue weighted by Gasteiger charge is 2.31. The first-order valence-electron chi connectivity index (χ1n) is 5.75. The smallest absolute Gasteiger partial charge is 0.349 e. The lowest BCUT2D eigenvalue weighted by molar-refractivity contribution is -0.157. The number of carbonyl (C=O) groups excluding carboxylic acids is 2. The van der Waals surface area contributed by atoms with Gasteiger partial charge in [-0.2, -0.15) is 5.26 Å². The first kappa shape index (κ1) is 12.8. The molecule has 1 aliphatic rings. The number of esters is 2. The van der Waals surface area contributed by atoms with Crippen molar-refractivity contribution in [3.8, 4) is 6.07 Å². The predicted molar refractivity (Wildman–Crippen MR) is 65.5 cm³/mol. The molecule has 1 heterocycles. The second kappa shape index (κ2) is 5.83. The van der Waals surface area contributed by atoms with Gasteiger partial charge >= 0.3 is 11.9 Å². The van der Waals surface area contributed by atoms with E-state index in [-0.39, 0.29) is 12.2 Å². The summed E-state index contributed by atoms with van der Waals surface area (Å²) in [4.78, 5) is 22.9. The van der Waals surface area contributed by atoms with Gasteiger partial charge < -0.3 is 9.47 Å². The SMILES string of the molecule is N#C/C(=C\c1ccccc1)C(=O)OC1CCOC1=O. The van der Waals surface area contributed by atoms with Gasteiger partial charge in [-0.15, -0.1) is 0 Å². The number of ether oxygens (including phenoxy) is 2. The minimum absolute atomic E-state index is 0.147. The molecule has 0 amide bonds. The van der Waals surface area contributed by atoms with Gasteiger partial charge in [-0.05, 0) is 11.6 Å². The number of rotatable bonds is 3. The fourth-order valence-corrected chi connectivity index (χ4v) is 1.63. The summed E-state index contributed by atoms with van der Waals surface area (Å²) in [5, 5.41) is 8.96. The predicted octanol–water partition coefficient (Wildman–Crippen LogP) is 1.45. The molecule has 19 heavy (non-hydrogen) atoms. The standard InChI is InChI=1S/C14H11NO4/c15-9-11(8-10-4-2-1-3-5-10)13(16)19-12-6-7-18-14(12)17/h1-5,8,12H,6-7H2/b11-8+. The third-order valence-electron chi connectivity index (χ3n) is 2.59. The molecule has 1 atom stereocenters. The van der Waals surface area contributed by atoms with Gasteiger partial charge in [0.15, 0.2) is 0 Å². The van der Waals surface area contributed by atoms with Crippen LogP contribution < -0.4 is 0 Å². The third-order valence-corrected chi connectivity index (χ3v) is 2.59. The average molecular weight is 257 g/mol. The Labute approximate surface area is 110 Å². The van der Waals surface area contributed by atoms with Crippen LogP contribution >= 0.6 is 0 Å². The van der Waals surface area contributed by atoms with Crippen molar-refractivity contribution in [3.05, 3.63) is 41.5 Å². The van der Waals surface area contributed by atoms with Gasteiger partial charge in [0.25, 0.3) is 0 Å². The molecule has 0 aromatic heterocycles. The fourth-order valence-electron chi connectivity index (χ4n) is 1.63. The lowest BCUT2D eigenvalue weighted by atomic mass is 10.1. The van der Waals surface area contributed by atoms with Gasteiger partial charge in [0.1, 0.15) is 11.6 Å². The van der Waals surface area contributed by atoms with Crippen molar-refractivity contribution in [2.45, 2.75) is 12.5 Å². The van der Waals surface area contributed by atoms with E-state index >= 15 is 0 Å². The summed E-state index contributed by atoms with van der Waals surface area (Å²) >= 11 is 0. The highest BCUT2D eigenvalue weighted by molar-refractivity contribution is 5.99. The average Bonchev–Trinajstić information content (AvgIpc) is 2.82. The van der Waals surface area contributed by atoms with Gasteiger partial charge in [-0.25, -0.2) is 9.59 Å². The molecule has 1 saturated heterocycles. The molecular formula is C14H11NO4. The van der Waals surface area contributed by atoms with Crippen LogP contribution in [0.5, 0.6) is 0 Å². The topological polar surface area (TPSA) is 76.4 Å². The molecule has 0 aliphatic carbocycles. The number of nitrogens with zero attached hydrogens (tertiary/aromatic N) is 1. The molecule has 96 valence electrons. The first-order chi connectivity index (χ1) is 9.20. The summed E-state index contributed by atoms with van der Waals surface area (Å²) in [5.41, 5.74) is 0.566. The van der Waals surface area contributed by atoms with Crippen LogP contribution in [0, 0.1) is 11.3 Å². The molecule has 1 aromatic rings. The Bertz CT molecular complexity index is 557. The Morgan fingerprint density at radius 1 is 1.42 bits per heavy atom. The van der Waals surface area contributed by atoms with E-state index in [0.29, 0.717) is 12.0 Å². The van der Waals surface area contributed by atoms with Crippen molar-refractivity contribution in [2.24, 2.45) is 0 Å². The Kier molecular flexibility index (Phi) is 3.94. The highest BCUT2D eigenvalue weighted by atomic mass is 16.6. The van der Waals surface area contributed by atoms with Crippen LogP contribution in [-0.4, -0.2) is 24.6 Å². The van der Waals surface area contributed by atoms with Crippen molar-refractivity contribution in [1.82, 2.24) is 0 Å². The maximum atomic E-state index is 11.8. The minimum atomic E-state index is -0.903. The fraction of sp³-hybridized carbons (Fsp3) is 0.214. The van der Waals surface area contributed by atoms with E-state index < -0.39 is 18.0 Å². The van der Waals surface area contributed by atoms with Crippen LogP contribution in [0.1, 0.15) is 12.0 Å². The number of carbonyl (C=O) groups is 2. The number of hydrogen-bond donors (Lipinski definition) is 0. The lowest BCUT2D eigenvalue weighted by Crippen LogP contribution is -2.23. The monoisotopic (exact) mass is 257 g/mol. The second-order valence-corrected chi connectivity index (χ2v) is 3.93. The van der Waals surface area contributed by atoms with Gasteiger partial charge in [-0.3, -0.25) is 0 Å². The van der Waals surface area contributed by atoms with Crippen LogP contribution in [0.15, 0.2) is 35.9 Å². The van der Waals surface area contributed by atoms with E-state index in [1.165, 1.54) is 6.08 Å². The summed E-state index contributed by atoms with van der Waals surface area (Å²) in [5.74, 6) is -1.37. The molecule has 5 nitrogen and oxygen atoms in total. The number of benzene rings is 1. The Balaban J connectivity index is 2.10. The summed E-state index contributed by atoms with van der Waals surface area (Å²) in [6.07, 6.45) is 0.845. The summed E-state index contributed by atoms with van der Waals surface area (Å²) < 4.78 is 9.62. The quantitative estimate of drug-likeness (QED) is 0.465. The van der Waals surface area contributed by atoms with Crippen LogP contribution in [0.25, 0.3) is 6.08 Å². The van der Waals surface area contributed by atoms with Gasteiger partial charge in [-0.1, -0.05) is 30.3 Å². The van der Waals surface area contributed by atoms with E-state index in [1.54, 1.807) is 30.3 Å². The van der Waals surface area contributed by atoms with E-state index in [2.05, 4.69) is 4.74 Å². The Morgan fingerprint density at radius 2 is 2.16 bits per heavy atom. The van der Waals surface area contributed by atoms with Crippen molar-refractivity contribution < 1.29 is 19.1 Å². The molecule has 0 N–H and O–H groups in total. The van der Waals surface area contributed by atoms with Gasteiger partial charge in [0, 0.05) is 6.42 Å². The molecule has 0 radical (unpaired) electrons. The largest absolute Gasteiger partial charge is 0.463 e. The van der Waals surface area contributed by atoms with Crippen LogP contribution in [0.4, 0.5) is 0 Å². The molecule has 0 bridgehead atoms. The number of cyclic esters (lactones) is 1. The van der Waals surface area contributed by atoms with Crippen molar-refractivity contribution >= 4 is 18.0 Å². The summed E-state index contributed by atoms with van der Waals surface area (Å²) in [6, 6.07) is 10.7.